The minimum Gasteiger partial charge on any atom is -0.406 e. The Balaban J connectivity index is 1.57. The van der Waals surface area contributed by atoms with Crippen molar-refractivity contribution in [3.05, 3.63) is 59.1 Å². The molecule has 0 unspecified atom stereocenters. The number of amides is 1. The smallest absolute Gasteiger partial charge is 0.406 e. The first kappa shape index (κ1) is 18.1. The minimum atomic E-state index is -4.77. The zero-order valence-corrected chi connectivity index (χ0v) is 13.8. The number of nitrogens with zero attached hydrogens (tertiary/aromatic N) is 1. The first-order valence-corrected chi connectivity index (χ1v) is 7.83. The molecule has 1 atom stereocenters. The van der Waals surface area contributed by atoms with Gasteiger partial charge in [0.1, 0.15) is 5.75 Å². The number of carbonyl (C=O) groups is 1. The van der Waals surface area contributed by atoms with Crippen molar-refractivity contribution in [2.75, 3.05) is 5.32 Å². The lowest BCUT2D eigenvalue weighted by Gasteiger charge is -2.11. The number of carbonyl (C=O) groups excluding carboxylic acids is 1. The minimum absolute atomic E-state index is 0.267. The summed E-state index contributed by atoms with van der Waals surface area (Å²) in [7, 11) is 0. The van der Waals surface area contributed by atoms with Crippen LogP contribution in [0.15, 0.2) is 53.7 Å². The second-order valence-electron chi connectivity index (χ2n) is 5.40. The zero-order chi connectivity index (χ0) is 18.7. The normalized spacial score (nSPS) is 16.6. The lowest BCUT2D eigenvalue weighted by atomic mass is 10.0. The molecular formula is C17H12ClF3N2O3. The van der Waals surface area contributed by atoms with Gasteiger partial charge in [-0.2, -0.15) is 0 Å². The molecule has 0 aliphatic carbocycles. The highest BCUT2D eigenvalue weighted by Gasteiger charge is 2.31. The van der Waals surface area contributed by atoms with E-state index in [-0.39, 0.29) is 12.2 Å². The molecule has 1 N–H and O–H groups in total. The van der Waals surface area contributed by atoms with Crippen LogP contribution in [0.5, 0.6) is 5.75 Å². The maximum Gasteiger partial charge on any atom is 0.573 e. The number of oxime groups is 1. The number of rotatable bonds is 4. The number of hydrogen-bond donors (Lipinski definition) is 1. The van der Waals surface area contributed by atoms with Crippen LogP contribution in [-0.4, -0.2) is 24.1 Å². The summed E-state index contributed by atoms with van der Waals surface area (Å²) < 4.78 is 40.1. The average molecular weight is 385 g/mol. The standard InChI is InChI=1S/C17H12ClF3N2O3/c18-11-3-1-10(2-4-11)14-9-15(26-23-14)16(24)22-12-5-7-13(8-6-12)25-17(19,20)21/h1-8,15H,9H2,(H,22,24)/t15-/m0/s1. The van der Waals surface area contributed by atoms with Gasteiger partial charge in [0.05, 0.1) is 5.71 Å². The maximum atomic E-state index is 12.2. The summed E-state index contributed by atoms with van der Waals surface area (Å²) in [6.45, 7) is 0. The molecule has 136 valence electrons. The van der Waals surface area contributed by atoms with Gasteiger partial charge >= 0.3 is 6.36 Å². The van der Waals surface area contributed by atoms with Gasteiger partial charge in [0.2, 0.25) is 6.10 Å². The first-order valence-electron chi connectivity index (χ1n) is 7.45. The van der Waals surface area contributed by atoms with Crippen molar-refractivity contribution in [2.45, 2.75) is 18.9 Å². The summed E-state index contributed by atoms with van der Waals surface area (Å²) in [5.74, 6) is -0.830. The molecule has 1 aliphatic heterocycles. The van der Waals surface area contributed by atoms with Crippen LogP contribution in [0.25, 0.3) is 0 Å². The summed E-state index contributed by atoms with van der Waals surface area (Å²) in [5, 5.41) is 7.05. The Morgan fingerprint density at radius 2 is 1.81 bits per heavy atom. The molecule has 0 aromatic heterocycles. The fourth-order valence-electron chi connectivity index (χ4n) is 2.29. The summed E-state index contributed by atoms with van der Waals surface area (Å²) in [5.41, 5.74) is 1.71. The van der Waals surface area contributed by atoms with E-state index in [1.807, 2.05) is 0 Å². The summed E-state index contributed by atoms with van der Waals surface area (Å²) in [6.07, 6.45) is -5.33. The van der Waals surface area contributed by atoms with Crippen LogP contribution >= 0.6 is 11.6 Å². The van der Waals surface area contributed by atoms with Crippen molar-refractivity contribution < 1.29 is 27.5 Å². The number of halogens is 4. The molecule has 2 aromatic rings. The van der Waals surface area contributed by atoms with E-state index in [4.69, 9.17) is 16.4 Å². The van der Waals surface area contributed by atoms with Crippen LogP contribution in [0.1, 0.15) is 12.0 Å². The van der Waals surface area contributed by atoms with E-state index >= 15 is 0 Å². The Bertz CT molecular complexity index is 821. The van der Waals surface area contributed by atoms with Crippen LogP contribution in [-0.2, 0) is 9.63 Å². The molecule has 0 saturated carbocycles. The summed E-state index contributed by atoms with van der Waals surface area (Å²) in [6, 6.07) is 11.8. The van der Waals surface area contributed by atoms with Gasteiger partial charge in [-0.25, -0.2) is 0 Å². The number of nitrogens with one attached hydrogen (secondary N) is 1. The van der Waals surface area contributed by atoms with Gasteiger partial charge in [0.25, 0.3) is 5.91 Å². The molecule has 9 heteroatoms. The first-order chi connectivity index (χ1) is 12.3. The third-order valence-corrected chi connectivity index (χ3v) is 3.75. The quantitative estimate of drug-likeness (QED) is 0.851. The molecule has 1 aliphatic rings. The van der Waals surface area contributed by atoms with Gasteiger partial charge in [-0.15, -0.1) is 13.2 Å². The molecule has 1 amide bonds. The average Bonchev–Trinajstić information content (AvgIpc) is 3.06. The number of hydrogen-bond acceptors (Lipinski definition) is 4. The highest BCUT2D eigenvalue weighted by atomic mass is 35.5. The lowest BCUT2D eigenvalue weighted by molar-refractivity contribution is -0.274. The van der Waals surface area contributed by atoms with Gasteiger partial charge in [-0.1, -0.05) is 28.9 Å². The van der Waals surface area contributed by atoms with Crippen LogP contribution in [0, 0.1) is 0 Å². The molecule has 5 nitrogen and oxygen atoms in total. The van der Waals surface area contributed by atoms with Gasteiger partial charge in [-0.3, -0.25) is 4.79 Å². The summed E-state index contributed by atoms with van der Waals surface area (Å²) >= 11 is 5.83. The molecule has 0 bridgehead atoms. The van der Waals surface area contributed by atoms with Crippen molar-refractivity contribution in [3.63, 3.8) is 0 Å². The van der Waals surface area contributed by atoms with Crippen LogP contribution < -0.4 is 10.1 Å². The third kappa shape index (κ3) is 4.66. The molecule has 0 radical (unpaired) electrons. The molecule has 0 fully saturated rings. The molecule has 26 heavy (non-hydrogen) atoms. The Morgan fingerprint density at radius 3 is 2.42 bits per heavy atom. The van der Waals surface area contributed by atoms with Crippen molar-refractivity contribution in [1.82, 2.24) is 0 Å². The van der Waals surface area contributed by atoms with Crippen molar-refractivity contribution in [1.29, 1.82) is 0 Å². The monoisotopic (exact) mass is 384 g/mol. The fraction of sp³-hybridized carbons (Fsp3) is 0.176. The number of benzene rings is 2. The van der Waals surface area contributed by atoms with E-state index in [9.17, 15) is 18.0 Å². The second kappa shape index (κ2) is 7.25. The van der Waals surface area contributed by atoms with Crippen molar-refractivity contribution in [3.8, 4) is 5.75 Å². The zero-order valence-electron chi connectivity index (χ0n) is 13.1. The molecular weight excluding hydrogens is 373 g/mol. The molecule has 0 spiro atoms. The Labute approximate surface area is 151 Å². The topological polar surface area (TPSA) is 59.9 Å². The van der Waals surface area contributed by atoms with Gasteiger partial charge in [0.15, 0.2) is 0 Å². The van der Waals surface area contributed by atoms with E-state index in [0.717, 1.165) is 17.7 Å². The van der Waals surface area contributed by atoms with Crippen molar-refractivity contribution >= 4 is 28.9 Å². The fourth-order valence-corrected chi connectivity index (χ4v) is 2.42. The molecule has 3 rings (SSSR count). The molecule has 2 aromatic carbocycles. The van der Waals surface area contributed by atoms with E-state index in [0.29, 0.717) is 16.4 Å². The van der Waals surface area contributed by atoms with Gasteiger partial charge in [-0.05, 0) is 42.0 Å². The van der Waals surface area contributed by atoms with E-state index in [1.165, 1.54) is 12.1 Å². The Hall–Kier alpha value is -2.74. The predicted molar refractivity (Wildman–Crippen MR) is 89.2 cm³/mol. The highest BCUT2D eigenvalue weighted by Crippen LogP contribution is 2.25. The Morgan fingerprint density at radius 1 is 1.15 bits per heavy atom. The SMILES string of the molecule is O=C(Nc1ccc(OC(F)(F)F)cc1)[C@@H]1CC(c2ccc(Cl)cc2)=NO1. The highest BCUT2D eigenvalue weighted by molar-refractivity contribution is 6.30. The Kier molecular flexibility index (Phi) is 5.03. The maximum absolute atomic E-state index is 12.2. The molecule has 1 heterocycles. The van der Waals surface area contributed by atoms with Crippen LogP contribution in [0.4, 0.5) is 18.9 Å². The lowest BCUT2D eigenvalue weighted by Crippen LogP contribution is -2.28. The van der Waals surface area contributed by atoms with Crippen LogP contribution in [0.2, 0.25) is 5.02 Å². The largest absolute Gasteiger partial charge is 0.573 e. The van der Waals surface area contributed by atoms with Crippen LogP contribution in [0.3, 0.4) is 0 Å². The predicted octanol–water partition coefficient (Wildman–Crippen LogP) is 4.37. The molecule has 0 saturated heterocycles. The van der Waals surface area contributed by atoms with Gasteiger partial charge < -0.3 is 14.9 Å². The number of ether oxygens (including phenoxy) is 1. The second-order valence-corrected chi connectivity index (χ2v) is 5.84. The number of anilines is 1. The van der Waals surface area contributed by atoms with E-state index < -0.39 is 18.4 Å². The van der Waals surface area contributed by atoms with Crippen molar-refractivity contribution in [2.24, 2.45) is 5.16 Å². The van der Waals surface area contributed by atoms with Gasteiger partial charge in [0, 0.05) is 17.1 Å². The summed E-state index contributed by atoms with van der Waals surface area (Å²) in [4.78, 5) is 17.4. The van der Waals surface area contributed by atoms with E-state index in [1.54, 1.807) is 24.3 Å². The van der Waals surface area contributed by atoms with E-state index in [2.05, 4.69) is 15.2 Å². The third-order valence-electron chi connectivity index (χ3n) is 3.49. The number of alkyl halides is 3.